The number of carbonyl (C=O) groups excluding carboxylic acids is 1. The monoisotopic (exact) mass is 383 g/mol. The molecule has 1 amide bonds. The maximum Gasteiger partial charge on any atom is 0.326 e. The summed E-state index contributed by atoms with van der Waals surface area (Å²) in [6.07, 6.45) is 3.32. The Bertz CT molecular complexity index is 703. The first-order valence-electron chi connectivity index (χ1n) is 7.15. The number of amides is 1. The van der Waals surface area contributed by atoms with Crippen molar-refractivity contribution in [1.82, 2.24) is 5.32 Å². The van der Waals surface area contributed by atoms with E-state index in [1.54, 1.807) is 18.2 Å². The second-order valence-corrected chi connectivity index (χ2v) is 6.23. The number of carboxylic acids is 1. The molecule has 25 heavy (non-hydrogen) atoms. The number of anilines is 1. The van der Waals surface area contributed by atoms with Crippen molar-refractivity contribution in [1.29, 1.82) is 5.26 Å². The predicted molar refractivity (Wildman–Crippen MR) is 97.9 cm³/mol. The van der Waals surface area contributed by atoms with Crippen molar-refractivity contribution in [3.63, 3.8) is 0 Å². The van der Waals surface area contributed by atoms with Gasteiger partial charge in [-0.15, -0.1) is 0 Å². The maximum absolute atomic E-state index is 12.2. The molecule has 1 rings (SSSR count). The van der Waals surface area contributed by atoms with Crippen LogP contribution in [0.1, 0.15) is 6.42 Å². The van der Waals surface area contributed by atoms with E-state index in [2.05, 4.69) is 10.6 Å². The summed E-state index contributed by atoms with van der Waals surface area (Å²) in [7, 11) is 1.44. The number of ether oxygens (including phenoxy) is 1. The summed E-state index contributed by atoms with van der Waals surface area (Å²) in [6.45, 7) is 0. The van der Waals surface area contributed by atoms with Gasteiger partial charge < -0.3 is 20.5 Å². The van der Waals surface area contributed by atoms with Gasteiger partial charge in [0.15, 0.2) is 0 Å². The lowest BCUT2D eigenvalue weighted by Crippen LogP contribution is -2.34. The number of carboxylic acid groups (broad SMARTS) is 1. The summed E-state index contributed by atoms with van der Waals surface area (Å²) in [5.41, 5.74) is 0.0377. The van der Waals surface area contributed by atoms with E-state index >= 15 is 0 Å². The van der Waals surface area contributed by atoms with Crippen molar-refractivity contribution in [3.05, 3.63) is 35.0 Å². The van der Waals surface area contributed by atoms with Crippen LogP contribution < -0.4 is 15.4 Å². The lowest BCUT2D eigenvalue weighted by atomic mass is 10.2. The van der Waals surface area contributed by atoms with Gasteiger partial charge in [-0.05, 0) is 36.6 Å². The molecular weight excluding hydrogens is 366 g/mol. The molecule has 7 nitrogen and oxygen atoms in total. The standard InChI is InChI=1S/C16H18ClN3O4S/c1-24-14-4-3-11(17)7-13(14)20-15(21)10(8-18)9-19-12(16(22)23)5-6-25-2/h3-4,7,9,12,19H,5-6H2,1-2H3,(H,20,21)(H,22,23)/b10-9-. The normalized spacial score (nSPS) is 12.0. The average Bonchev–Trinajstić information content (AvgIpc) is 2.58. The molecule has 1 aromatic carbocycles. The molecule has 1 atom stereocenters. The molecule has 134 valence electrons. The second-order valence-electron chi connectivity index (χ2n) is 4.81. The van der Waals surface area contributed by atoms with Crippen molar-refractivity contribution in [2.45, 2.75) is 12.5 Å². The number of aliphatic carboxylic acids is 1. The molecule has 9 heteroatoms. The highest BCUT2D eigenvalue weighted by molar-refractivity contribution is 7.98. The number of halogens is 1. The Morgan fingerprint density at radius 1 is 1.52 bits per heavy atom. The Kier molecular flexibility index (Phi) is 8.67. The molecule has 0 heterocycles. The summed E-state index contributed by atoms with van der Waals surface area (Å²) < 4.78 is 5.12. The molecule has 0 saturated heterocycles. The van der Waals surface area contributed by atoms with E-state index in [4.69, 9.17) is 26.7 Å². The maximum atomic E-state index is 12.2. The van der Waals surface area contributed by atoms with Gasteiger partial charge in [-0.2, -0.15) is 17.0 Å². The minimum absolute atomic E-state index is 0.266. The van der Waals surface area contributed by atoms with E-state index < -0.39 is 17.9 Å². The van der Waals surface area contributed by atoms with Crippen molar-refractivity contribution in [2.75, 3.05) is 24.4 Å². The van der Waals surface area contributed by atoms with Crippen molar-refractivity contribution < 1.29 is 19.4 Å². The third-order valence-corrected chi connectivity index (χ3v) is 3.99. The van der Waals surface area contributed by atoms with Gasteiger partial charge >= 0.3 is 5.97 Å². The average molecular weight is 384 g/mol. The first-order valence-corrected chi connectivity index (χ1v) is 8.93. The van der Waals surface area contributed by atoms with Crippen molar-refractivity contribution in [2.24, 2.45) is 0 Å². The van der Waals surface area contributed by atoms with Gasteiger partial charge in [-0.25, -0.2) is 4.79 Å². The molecule has 0 fully saturated rings. The van der Waals surface area contributed by atoms with Gasteiger partial charge in [-0.3, -0.25) is 4.79 Å². The number of hydrogen-bond donors (Lipinski definition) is 3. The third-order valence-electron chi connectivity index (χ3n) is 3.11. The number of nitriles is 1. The molecule has 1 aromatic rings. The fraction of sp³-hybridized carbons (Fsp3) is 0.312. The van der Waals surface area contributed by atoms with Crippen LogP contribution in [0.2, 0.25) is 5.02 Å². The van der Waals surface area contributed by atoms with Crippen LogP contribution in [0.25, 0.3) is 0 Å². The van der Waals surface area contributed by atoms with Gasteiger partial charge in [-0.1, -0.05) is 11.6 Å². The van der Waals surface area contributed by atoms with Gasteiger partial charge in [0.05, 0.1) is 12.8 Å². The predicted octanol–water partition coefficient (Wildman–Crippen LogP) is 2.49. The Morgan fingerprint density at radius 2 is 2.24 bits per heavy atom. The minimum Gasteiger partial charge on any atom is -0.495 e. The lowest BCUT2D eigenvalue weighted by Gasteiger charge is -2.13. The van der Waals surface area contributed by atoms with Crippen LogP contribution in [0, 0.1) is 11.3 Å². The van der Waals surface area contributed by atoms with Crippen molar-refractivity contribution in [3.8, 4) is 11.8 Å². The van der Waals surface area contributed by atoms with Crippen molar-refractivity contribution >= 4 is 40.9 Å². The Hall–Kier alpha value is -2.37. The highest BCUT2D eigenvalue weighted by Crippen LogP contribution is 2.27. The molecule has 0 aromatic heterocycles. The minimum atomic E-state index is -1.06. The second kappa shape index (κ2) is 10.5. The largest absolute Gasteiger partial charge is 0.495 e. The Balaban J connectivity index is 2.88. The number of benzene rings is 1. The van der Waals surface area contributed by atoms with Crippen LogP contribution in [0.3, 0.4) is 0 Å². The zero-order valence-electron chi connectivity index (χ0n) is 13.7. The Labute approximate surface area is 155 Å². The van der Waals surface area contributed by atoms with Crippen LogP contribution in [-0.4, -0.2) is 42.1 Å². The summed E-state index contributed by atoms with van der Waals surface area (Å²) >= 11 is 7.40. The molecular formula is C16H18ClN3O4S. The number of rotatable bonds is 9. The number of hydrogen-bond acceptors (Lipinski definition) is 6. The van der Waals surface area contributed by atoms with Crippen LogP contribution in [0.5, 0.6) is 5.75 Å². The molecule has 0 aliphatic rings. The third kappa shape index (κ3) is 6.57. The highest BCUT2D eigenvalue weighted by atomic mass is 35.5. The van der Waals surface area contributed by atoms with E-state index in [9.17, 15) is 9.59 Å². The van der Waals surface area contributed by atoms with Crippen LogP contribution in [0.4, 0.5) is 5.69 Å². The van der Waals surface area contributed by atoms with E-state index in [1.807, 2.05) is 6.26 Å². The van der Waals surface area contributed by atoms with Gasteiger partial charge in [0.1, 0.15) is 23.4 Å². The van der Waals surface area contributed by atoms with Gasteiger partial charge in [0.2, 0.25) is 0 Å². The molecule has 3 N–H and O–H groups in total. The first-order chi connectivity index (χ1) is 11.9. The molecule has 0 saturated carbocycles. The summed E-state index contributed by atoms with van der Waals surface area (Å²) in [5.74, 6) is -0.749. The van der Waals surface area contributed by atoms with Crippen LogP contribution in [-0.2, 0) is 9.59 Å². The van der Waals surface area contributed by atoms with Crippen LogP contribution >= 0.6 is 23.4 Å². The van der Waals surface area contributed by atoms with Gasteiger partial charge in [0, 0.05) is 11.2 Å². The number of carbonyl (C=O) groups is 2. The van der Waals surface area contributed by atoms with E-state index in [1.165, 1.54) is 24.9 Å². The number of methoxy groups -OCH3 is 1. The summed E-state index contributed by atoms with van der Waals surface area (Å²) in [4.78, 5) is 23.4. The van der Waals surface area contributed by atoms with Crippen LogP contribution in [0.15, 0.2) is 30.0 Å². The molecule has 1 unspecified atom stereocenters. The number of thioether (sulfide) groups is 1. The van der Waals surface area contributed by atoms with Gasteiger partial charge in [0.25, 0.3) is 5.91 Å². The van der Waals surface area contributed by atoms with E-state index in [-0.39, 0.29) is 5.57 Å². The molecule has 0 aliphatic carbocycles. The smallest absolute Gasteiger partial charge is 0.326 e. The molecule has 0 spiro atoms. The van der Waals surface area contributed by atoms with E-state index in [0.29, 0.717) is 28.6 Å². The zero-order chi connectivity index (χ0) is 18.8. The fourth-order valence-corrected chi connectivity index (χ4v) is 2.46. The first kappa shape index (κ1) is 20.7. The molecule has 0 bridgehead atoms. The topological polar surface area (TPSA) is 111 Å². The highest BCUT2D eigenvalue weighted by Gasteiger charge is 2.17. The Morgan fingerprint density at radius 3 is 2.80 bits per heavy atom. The SMILES string of the molecule is COc1ccc(Cl)cc1NC(=O)/C(C#N)=C\NC(CCSC)C(=O)O. The molecule has 0 radical (unpaired) electrons. The number of nitrogens with zero attached hydrogens (tertiary/aromatic N) is 1. The fourth-order valence-electron chi connectivity index (χ4n) is 1.81. The van der Waals surface area contributed by atoms with E-state index in [0.717, 1.165) is 6.20 Å². The lowest BCUT2D eigenvalue weighted by molar-refractivity contribution is -0.139. The molecule has 0 aliphatic heterocycles. The summed E-state index contributed by atoms with van der Waals surface area (Å²) in [5, 5.41) is 23.8. The quantitative estimate of drug-likeness (QED) is 0.443. The number of nitrogens with one attached hydrogen (secondary N) is 2. The summed E-state index contributed by atoms with van der Waals surface area (Å²) in [6, 6.07) is 5.52. The zero-order valence-corrected chi connectivity index (χ0v) is 15.3.